The number of hydrogen-bond donors (Lipinski definition) is 2. The molecule has 8 heteroatoms. The van der Waals surface area contributed by atoms with Gasteiger partial charge in [-0.1, -0.05) is 23.7 Å². The van der Waals surface area contributed by atoms with Crippen LogP contribution >= 0.6 is 11.6 Å². The van der Waals surface area contributed by atoms with Gasteiger partial charge in [0.1, 0.15) is 16.4 Å². The molecule has 0 aliphatic carbocycles. The molecule has 0 amide bonds. The molecule has 0 spiro atoms. The van der Waals surface area contributed by atoms with Gasteiger partial charge in [0.05, 0.1) is 16.4 Å². The summed E-state index contributed by atoms with van der Waals surface area (Å²) < 4.78 is 33.2. The fourth-order valence-corrected chi connectivity index (χ4v) is 3.99. The van der Waals surface area contributed by atoms with Gasteiger partial charge in [-0.05, 0) is 50.2 Å². The minimum Gasteiger partial charge on any atom is -0.456 e. The maximum absolute atomic E-state index is 12.5. The summed E-state index contributed by atoms with van der Waals surface area (Å²) in [5.41, 5.74) is 1.33. The van der Waals surface area contributed by atoms with Crippen LogP contribution in [0.15, 0.2) is 53.4 Å². The van der Waals surface area contributed by atoms with E-state index in [4.69, 9.17) is 16.3 Å². The topological polar surface area (TPSA) is 84.1 Å². The quantitative estimate of drug-likeness (QED) is 0.695. The average Bonchev–Trinajstić information content (AvgIpc) is 2.91. The second-order valence-electron chi connectivity index (χ2n) is 5.43. The predicted octanol–water partition coefficient (Wildman–Crippen LogP) is 4.27. The molecule has 3 aromatic rings. The van der Waals surface area contributed by atoms with Gasteiger partial charge in [0.2, 0.25) is 0 Å². The molecule has 0 saturated carbocycles. The molecule has 0 bridgehead atoms. The number of halogens is 1. The van der Waals surface area contributed by atoms with Crippen LogP contribution in [0.5, 0.6) is 11.5 Å². The van der Waals surface area contributed by atoms with Crippen LogP contribution in [-0.4, -0.2) is 18.6 Å². The molecule has 6 nitrogen and oxygen atoms in total. The van der Waals surface area contributed by atoms with Crippen molar-refractivity contribution in [1.82, 2.24) is 10.2 Å². The normalized spacial score (nSPS) is 11.3. The van der Waals surface area contributed by atoms with Gasteiger partial charge in [-0.25, -0.2) is 8.42 Å². The molecule has 2 N–H and O–H groups in total. The third kappa shape index (κ3) is 3.78. The molecular weight excluding hydrogens is 362 g/mol. The third-order valence-corrected chi connectivity index (χ3v) is 5.46. The van der Waals surface area contributed by atoms with Crippen molar-refractivity contribution in [1.29, 1.82) is 0 Å². The maximum Gasteiger partial charge on any atom is 0.265 e. The number of anilines is 1. The molecule has 130 valence electrons. The van der Waals surface area contributed by atoms with Gasteiger partial charge in [0, 0.05) is 5.69 Å². The smallest absolute Gasteiger partial charge is 0.265 e. The molecule has 0 unspecified atom stereocenters. The Kier molecular flexibility index (Phi) is 4.69. The summed E-state index contributed by atoms with van der Waals surface area (Å²) in [5.74, 6) is 1.08. The number of nitrogens with one attached hydrogen (secondary N) is 2. The van der Waals surface area contributed by atoms with Gasteiger partial charge >= 0.3 is 0 Å². The zero-order valence-corrected chi connectivity index (χ0v) is 15.1. The monoisotopic (exact) mass is 377 g/mol. The third-order valence-electron chi connectivity index (χ3n) is 3.50. The van der Waals surface area contributed by atoms with E-state index in [1.165, 1.54) is 0 Å². The first-order valence-corrected chi connectivity index (χ1v) is 9.30. The van der Waals surface area contributed by atoms with Crippen LogP contribution in [0.25, 0.3) is 0 Å². The van der Waals surface area contributed by atoms with Crippen molar-refractivity contribution in [2.75, 3.05) is 4.72 Å². The first kappa shape index (κ1) is 17.3. The number of para-hydroxylation sites is 1. The Morgan fingerprint density at radius 3 is 2.36 bits per heavy atom. The van der Waals surface area contributed by atoms with Gasteiger partial charge in [0.15, 0.2) is 0 Å². The number of hydrogen-bond acceptors (Lipinski definition) is 4. The molecule has 1 aromatic heterocycles. The molecule has 25 heavy (non-hydrogen) atoms. The van der Waals surface area contributed by atoms with Crippen LogP contribution in [0.1, 0.15) is 11.4 Å². The first-order chi connectivity index (χ1) is 11.9. The Balaban J connectivity index is 1.78. The van der Waals surface area contributed by atoms with Gasteiger partial charge < -0.3 is 4.74 Å². The Bertz CT molecular complexity index is 979. The summed E-state index contributed by atoms with van der Waals surface area (Å²) >= 11 is 6.05. The van der Waals surface area contributed by atoms with Crippen molar-refractivity contribution in [3.8, 4) is 11.5 Å². The van der Waals surface area contributed by atoms with E-state index >= 15 is 0 Å². The number of nitrogens with zero attached hydrogens (tertiary/aromatic N) is 1. The highest BCUT2D eigenvalue weighted by molar-refractivity contribution is 7.92. The summed E-state index contributed by atoms with van der Waals surface area (Å²) in [6.07, 6.45) is 0. The predicted molar refractivity (Wildman–Crippen MR) is 96.8 cm³/mol. The van der Waals surface area contributed by atoms with Gasteiger partial charge in [0.25, 0.3) is 10.0 Å². The highest BCUT2D eigenvalue weighted by Crippen LogP contribution is 2.30. The van der Waals surface area contributed by atoms with Crippen LogP contribution < -0.4 is 9.46 Å². The fraction of sp³-hybridized carbons (Fsp3) is 0.118. The minimum absolute atomic E-state index is 0.156. The van der Waals surface area contributed by atoms with Crippen LogP contribution in [-0.2, 0) is 10.0 Å². The zero-order chi connectivity index (χ0) is 18.0. The minimum atomic E-state index is -3.72. The lowest BCUT2D eigenvalue weighted by molar-refractivity contribution is 0.483. The zero-order valence-electron chi connectivity index (χ0n) is 13.6. The number of H-pyrrole nitrogens is 1. The lowest BCUT2D eigenvalue weighted by atomic mass is 10.3. The lowest BCUT2D eigenvalue weighted by Gasteiger charge is -2.10. The van der Waals surface area contributed by atoms with E-state index in [9.17, 15) is 8.42 Å². The van der Waals surface area contributed by atoms with Crippen molar-refractivity contribution in [3.05, 3.63) is 64.9 Å². The van der Waals surface area contributed by atoms with Crippen molar-refractivity contribution >= 4 is 27.3 Å². The lowest BCUT2D eigenvalue weighted by Crippen LogP contribution is -2.14. The van der Waals surface area contributed by atoms with Gasteiger partial charge in [-0.2, -0.15) is 5.10 Å². The number of aromatic nitrogens is 2. The molecular formula is C17H16ClN3O3S. The number of benzene rings is 2. The molecule has 3 rings (SSSR count). The van der Waals surface area contributed by atoms with Crippen molar-refractivity contribution in [2.45, 2.75) is 18.7 Å². The van der Waals surface area contributed by atoms with E-state index in [-0.39, 0.29) is 4.90 Å². The number of ether oxygens (including phenoxy) is 1. The van der Waals surface area contributed by atoms with Gasteiger partial charge in [-0.15, -0.1) is 0 Å². The number of aryl methyl sites for hydroxylation is 2. The fourth-order valence-electron chi connectivity index (χ4n) is 2.39. The van der Waals surface area contributed by atoms with Crippen LogP contribution in [0.4, 0.5) is 5.69 Å². The number of rotatable bonds is 5. The summed E-state index contributed by atoms with van der Waals surface area (Å²) in [5, 5.41) is 7.08. The first-order valence-electron chi connectivity index (χ1n) is 7.43. The Morgan fingerprint density at radius 2 is 1.76 bits per heavy atom. The Morgan fingerprint density at radius 1 is 1.08 bits per heavy atom. The molecule has 0 fully saturated rings. The van der Waals surface area contributed by atoms with Crippen LogP contribution in [0, 0.1) is 13.8 Å². The maximum atomic E-state index is 12.5. The summed E-state index contributed by atoms with van der Waals surface area (Å²) in [6, 6.07) is 13.7. The van der Waals surface area contributed by atoms with Crippen molar-refractivity contribution in [2.24, 2.45) is 0 Å². The summed E-state index contributed by atoms with van der Waals surface area (Å²) in [6.45, 7) is 3.30. The average molecular weight is 378 g/mol. The van der Waals surface area contributed by atoms with Crippen molar-refractivity contribution in [3.63, 3.8) is 0 Å². The molecule has 0 saturated heterocycles. The van der Waals surface area contributed by atoms with Crippen LogP contribution in [0.2, 0.25) is 5.02 Å². The van der Waals surface area contributed by atoms with E-state index in [1.807, 2.05) is 12.1 Å². The number of sulfonamides is 1. The van der Waals surface area contributed by atoms with E-state index in [1.54, 1.807) is 50.2 Å². The molecule has 1 heterocycles. The Hall–Kier alpha value is -2.51. The molecule has 0 radical (unpaired) electrons. The van der Waals surface area contributed by atoms with Gasteiger partial charge in [-0.3, -0.25) is 9.82 Å². The van der Waals surface area contributed by atoms with E-state index in [0.29, 0.717) is 33.6 Å². The van der Waals surface area contributed by atoms with E-state index < -0.39 is 10.0 Å². The van der Waals surface area contributed by atoms with Crippen LogP contribution in [0.3, 0.4) is 0 Å². The number of aromatic amines is 1. The second kappa shape index (κ2) is 6.78. The van der Waals surface area contributed by atoms with Crippen molar-refractivity contribution < 1.29 is 13.2 Å². The van der Waals surface area contributed by atoms with E-state index in [2.05, 4.69) is 14.9 Å². The highest BCUT2D eigenvalue weighted by Gasteiger charge is 2.22. The Labute approximate surface area is 150 Å². The molecule has 0 aliphatic heterocycles. The second-order valence-corrected chi connectivity index (χ2v) is 7.45. The summed E-state index contributed by atoms with van der Waals surface area (Å²) in [7, 11) is -3.72. The highest BCUT2D eigenvalue weighted by atomic mass is 35.5. The SMILES string of the molecule is Cc1n[nH]c(C)c1S(=O)(=O)Nc1ccc(Oc2ccccc2Cl)cc1. The largest absolute Gasteiger partial charge is 0.456 e. The van der Waals surface area contributed by atoms with E-state index in [0.717, 1.165) is 0 Å². The molecule has 0 atom stereocenters. The standard InChI is InChI=1S/C17H16ClN3O3S/c1-11-17(12(2)20-19-11)25(22,23)21-13-7-9-14(10-8-13)24-16-6-4-3-5-15(16)18/h3-10,21H,1-2H3,(H,19,20). The summed E-state index contributed by atoms with van der Waals surface area (Å²) in [4.78, 5) is 0.156. The molecule has 2 aromatic carbocycles. The molecule has 0 aliphatic rings.